The molecule has 0 atom stereocenters. The number of aromatic nitrogens is 2. The molecule has 3 rings (SSSR count). The predicted molar refractivity (Wildman–Crippen MR) is 62.0 cm³/mol. The van der Waals surface area contributed by atoms with Crippen LogP contribution in [0.4, 0.5) is 0 Å². The van der Waals surface area contributed by atoms with E-state index in [0.717, 1.165) is 25.3 Å². The van der Waals surface area contributed by atoms with E-state index in [-0.39, 0.29) is 0 Å². The number of aryl methyl sites for hydroxylation is 1. The van der Waals surface area contributed by atoms with E-state index in [4.69, 9.17) is 0 Å². The van der Waals surface area contributed by atoms with Crippen LogP contribution >= 0.6 is 11.3 Å². The Morgan fingerprint density at radius 1 is 1.53 bits per heavy atom. The Kier molecular flexibility index (Phi) is 2.11. The lowest BCUT2D eigenvalue weighted by atomic mass is 10.2. The maximum atomic E-state index is 4.41. The van der Waals surface area contributed by atoms with E-state index in [0.29, 0.717) is 0 Å². The minimum atomic E-state index is 0.975. The lowest BCUT2D eigenvalue weighted by Crippen LogP contribution is -2.27. The van der Waals surface area contributed by atoms with E-state index >= 15 is 0 Å². The normalized spacial score (nSPS) is 15.3. The molecule has 0 aromatic carbocycles. The molecular weight excluding hydrogens is 206 g/mol. The number of nitrogens with zero attached hydrogens (tertiary/aromatic N) is 2. The fraction of sp³-hybridized carbons (Fsp3) is 0.364. The zero-order valence-electron chi connectivity index (χ0n) is 8.66. The van der Waals surface area contributed by atoms with Gasteiger partial charge in [-0.05, 0) is 13.0 Å². The van der Waals surface area contributed by atoms with Crippen molar-refractivity contribution in [3.63, 3.8) is 0 Å². The van der Waals surface area contributed by atoms with E-state index in [1.807, 2.05) is 5.51 Å². The fourth-order valence-corrected chi connectivity index (χ4v) is 2.64. The Morgan fingerprint density at radius 2 is 2.47 bits per heavy atom. The molecule has 0 unspecified atom stereocenters. The Labute approximate surface area is 92.8 Å². The fourth-order valence-electron chi connectivity index (χ4n) is 2.04. The number of hydrogen-bond donors (Lipinski definition) is 1. The number of rotatable bonds is 1. The summed E-state index contributed by atoms with van der Waals surface area (Å²) in [6.45, 7) is 5.24. The van der Waals surface area contributed by atoms with Crippen LogP contribution in [0.15, 0.2) is 17.8 Å². The summed E-state index contributed by atoms with van der Waals surface area (Å²) < 4.78 is 2.32. The molecule has 15 heavy (non-hydrogen) atoms. The smallest absolute Gasteiger partial charge is 0.0855 e. The van der Waals surface area contributed by atoms with Gasteiger partial charge in [-0.1, -0.05) is 0 Å². The van der Waals surface area contributed by atoms with Crippen molar-refractivity contribution in [2.45, 2.75) is 20.0 Å². The van der Waals surface area contributed by atoms with Crippen molar-refractivity contribution in [3.05, 3.63) is 28.3 Å². The largest absolute Gasteiger partial charge is 0.348 e. The minimum Gasteiger partial charge on any atom is -0.348 e. The average molecular weight is 219 g/mol. The lowest BCUT2D eigenvalue weighted by Gasteiger charge is -2.15. The highest BCUT2D eigenvalue weighted by Gasteiger charge is 2.13. The van der Waals surface area contributed by atoms with Crippen molar-refractivity contribution in [2.24, 2.45) is 0 Å². The van der Waals surface area contributed by atoms with Gasteiger partial charge in [-0.15, -0.1) is 11.3 Å². The molecule has 0 amide bonds. The van der Waals surface area contributed by atoms with Crippen LogP contribution in [0.1, 0.15) is 10.6 Å². The van der Waals surface area contributed by atoms with Crippen LogP contribution in [0.5, 0.6) is 0 Å². The van der Waals surface area contributed by atoms with Gasteiger partial charge in [0.05, 0.1) is 11.2 Å². The van der Waals surface area contributed by atoms with Gasteiger partial charge in [0, 0.05) is 42.0 Å². The van der Waals surface area contributed by atoms with Crippen molar-refractivity contribution in [3.8, 4) is 11.3 Å². The molecule has 0 radical (unpaired) electrons. The van der Waals surface area contributed by atoms with Gasteiger partial charge in [0.1, 0.15) is 0 Å². The second kappa shape index (κ2) is 3.47. The van der Waals surface area contributed by atoms with Crippen LogP contribution in [-0.4, -0.2) is 16.1 Å². The molecule has 0 saturated carbocycles. The standard InChI is InChI=1S/C11H13N3S/c1-8-11(13-7-15-8)9-4-10-5-12-2-3-14(10)6-9/h4,6-7,12H,2-3,5H2,1H3. The molecular formula is C11H13N3S. The second-order valence-corrected chi connectivity index (χ2v) is 4.91. The Bertz CT molecular complexity index is 460. The van der Waals surface area contributed by atoms with Gasteiger partial charge in [-0.3, -0.25) is 0 Å². The van der Waals surface area contributed by atoms with Gasteiger partial charge in [0.2, 0.25) is 0 Å². The Hall–Kier alpha value is -1.13. The van der Waals surface area contributed by atoms with E-state index < -0.39 is 0 Å². The van der Waals surface area contributed by atoms with Gasteiger partial charge in [0.25, 0.3) is 0 Å². The van der Waals surface area contributed by atoms with Crippen molar-refractivity contribution in [1.29, 1.82) is 0 Å². The molecule has 2 aromatic rings. The summed E-state index contributed by atoms with van der Waals surface area (Å²) >= 11 is 1.71. The first-order chi connectivity index (χ1) is 7.34. The average Bonchev–Trinajstić information content (AvgIpc) is 2.82. The summed E-state index contributed by atoms with van der Waals surface area (Å²) in [5.74, 6) is 0. The molecule has 3 nitrogen and oxygen atoms in total. The summed E-state index contributed by atoms with van der Waals surface area (Å²) in [4.78, 5) is 5.71. The third-order valence-electron chi connectivity index (χ3n) is 2.84. The maximum Gasteiger partial charge on any atom is 0.0855 e. The summed E-state index contributed by atoms with van der Waals surface area (Å²) in [5, 5.41) is 3.38. The van der Waals surface area contributed by atoms with E-state index in [1.165, 1.54) is 16.1 Å². The van der Waals surface area contributed by atoms with Crippen LogP contribution in [0.3, 0.4) is 0 Å². The summed E-state index contributed by atoms with van der Waals surface area (Å²) in [6, 6.07) is 2.24. The first-order valence-corrected chi connectivity index (χ1v) is 6.03. The molecule has 4 heteroatoms. The van der Waals surface area contributed by atoms with Gasteiger partial charge in [-0.2, -0.15) is 0 Å². The van der Waals surface area contributed by atoms with Crippen molar-refractivity contribution >= 4 is 11.3 Å². The number of nitrogens with one attached hydrogen (secondary N) is 1. The third-order valence-corrected chi connectivity index (χ3v) is 3.60. The second-order valence-electron chi connectivity index (χ2n) is 3.85. The highest BCUT2D eigenvalue weighted by molar-refractivity contribution is 7.10. The van der Waals surface area contributed by atoms with E-state index in [1.54, 1.807) is 11.3 Å². The molecule has 1 N–H and O–H groups in total. The molecule has 0 bridgehead atoms. The molecule has 0 saturated heterocycles. The zero-order chi connectivity index (χ0) is 10.3. The van der Waals surface area contributed by atoms with Gasteiger partial charge in [0.15, 0.2) is 0 Å². The molecule has 0 fully saturated rings. The molecule has 0 aliphatic carbocycles. The zero-order valence-corrected chi connectivity index (χ0v) is 9.47. The van der Waals surface area contributed by atoms with Crippen molar-refractivity contribution in [2.75, 3.05) is 6.54 Å². The monoisotopic (exact) mass is 219 g/mol. The van der Waals surface area contributed by atoms with Crippen LogP contribution in [-0.2, 0) is 13.1 Å². The molecule has 78 valence electrons. The van der Waals surface area contributed by atoms with Crippen LogP contribution in [0.2, 0.25) is 0 Å². The number of thiazole rings is 1. The van der Waals surface area contributed by atoms with Gasteiger partial charge in [-0.25, -0.2) is 4.98 Å². The maximum absolute atomic E-state index is 4.41. The SMILES string of the molecule is Cc1scnc1-c1cc2n(c1)CCNC2. The van der Waals surface area contributed by atoms with Crippen LogP contribution in [0.25, 0.3) is 11.3 Å². The molecule has 1 aliphatic heterocycles. The van der Waals surface area contributed by atoms with Gasteiger partial charge < -0.3 is 9.88 Å². The highest BCUT2D eigenvalue weighted by Crippen LogP contribution is 2.26. The summed E-state index contributed by atoms with van der Waals surface area (Å²) in [6.07, 6.45) is 2.22. The molecule has 2 aromatic heterocycles. The third kappa shape index (κ3) is 1.50. The lowest BCUT2D eigenvalue weighted by molar-refractivity contribution is 0.517. The first-order valence-electron chi connectivity index (χ1n) is 5.15. The van der Waals surface area contributed by atoms with Crippen molar-refractivity contribution < 1.29 is 0 Å². The van der Waals surface area contributed by atoms with Crippen LogP contribution < -0.4 is 5.32 Å². The van der Waals surface area contributed by atoms with Crippen molar-refractivity contribution in [1.82, 2.24) is 14.9 Å². The van der Waals surface area contributed by atoms with Gasteiger partial charge >= 0.3 is 0 Å². The Balaban J connectivity index is 2.06. The predicted octanol–water partition coefficient (Wildman–Crippen LogP) is 2.02. The topological polar surface area (TPSA) is 29.9 Å². The van der Waals surface area contributed by atoms with E-state index in [2.05, 4.69) is 34.1 Å². The minimum absolute atomic E-state index is 0.975. The molecule has 0 spiro atoms. The Morgan fingerprint density at radius 3 is 3.20 bits per heavy atom. The summed E-state index contributed by atoms with van der Waals surface area (Å²) in [5.41, 5.74) is 5.68. The highest BCUT2D eigenvalue weighted by atomic mass is 32.1. The first kappa shape index (κ1) is 9.12. The summed E-state index contributed by atoms with van der Waals surface area (Å²) in [7, 11) is 0. The van der Waals surface area contributed by atoms with Crippen LogP contribution in [0, 0.1) is 6.92 Å². The number of fused-ring (bicyclic) bond motifs is 1. The quantitative estimate of drug-likeness (QED) is 0.795. The molecule has 3 heterocycles. The molecule has 1 aliphatic rings. The van der Waals surface area contributed by atoms with E-state index in [9.17, 15) is 0 Å². The number of hydrogen-bond acceptors (Lipinski definition) is 3.